The third-order valence-electron chi connectivity index (χ3n) is 3.43. The number of hydrogen-bond donors (Lipinski definition) is 1. The number of rotatable bonds is 4. The highest BCUT2D eigenvalue weighted by molar-refractivity contribution is 7.15. The Morgan fingerprint density at radius 3 is 3.00 bits per heavy atom. The number of carbonyl (C=O) groups excluding carboxylic acids is 1. The molecule has 1 aromatic rings. The molecule has 1 aromatic heterocycles. The van der Waals surface area contributed by atoms with Crippen LogP contribution >= 0.6 is 22.9 Å². The van der Waals surface area contributed by atoms with Gasteiger partial charge in [0.05, 0.1) is 0 Å². The maximum absolute atomic E-state index is 12.1. The largest absolute Gasteiger partial charge is 0.444 e. The Labute approximate surface area is 141 Å². The molecule has 124 valence electrons. The zero-order valence-electron chi connectivity index (χ0n) is 13.4. The quantitative estimate of drug-likeness (QED) is 0.906. The van der Waals surface area contributed by atoms with Gasteiger partial charge in [-0.15, -0.1) is 11.3 Å². The number of ether oxygens (including phenoxy) is 1. The predicted molar refractivity (Wildman–Crippen MR) is 89.4 cm³/mol. The topological polar surface area (TPSA) is 54.5 Å². The summed E-state index contributed by atoms with van der Waals surface area (Å²) in [6, 6.07) is 0. The van der Waals surface area contributed by atoms with E-state index in [0.29, 0.717) is 10.4 Å². The Hall–Kier alpha value is -0.850. The van der Waals surface area contributed by atoms with Gasteiger partial charge in [-0.05, 0) is 46.1 Å². The van der Waals surface area contributed by atoms with Crippen molar-refractivity contribution in [2.75, 3.05) is 19.6 Å². The second-order valence-corrected chi connectivity index (χ2v) is 8.34. The van der Waals surface area contributed by atoms with Crippen molar-refractivity contribution in [2.45, 2.75) is 45.8 Å². The van der Waals surface area contributed by atoms with Crippen LogP contribution in [0.15, 0.2) is 6.20 Å². The average Bonchev–Trinajstić information content (AvgIpc) is 2.83. The van der Waals surface area contributed by atoms with Gasteiger partial charge in [0.15, 0.2) is 4.47 Å². The first-order valence-electron chi connectivity index (χ1n) is 7.62. The molecule has 0 saturated carbocycles. The van der Waals surface area contributed by atoms with Gasteiger partial charge in [0.25, 0.3) is 0 Å². The van der Waals surface area contributed by atoms with Crippen molar-refractivity contribution >= 4 is 29.0 Å². The van der Waals surface area contributed by atoms with Crippen LogP contribution in [0.3, 0.4) is 0 Å². The number of aromatic nitrogens is 1. The predicted octanol–water partition coefficient (Wildman–Crippen LogP) is 3.53. The van der Waals surface area contributed by atoms with E-state index in [0.717, 1.165) is 43.9 Å². The molecule has 1 aliphatic rings. The summed E-state index contributed by atoms with van der Waals surface area (Å²) >= 11 is 7.31. The number of thiazole rings is 1. The molecular weight excluding hydrogens is 322 g/mol. The second kappa shape index (κ2) is 7.62. The van der Waals surface area contributed by atoms with E-state index in [2.05, 4.69) is 10.3 Å². The Balaban J connectivity index is 1.74. The third kappa shape index (κ3) is 5.74. The lowest BCUT2D eigenvalue weighted by atomic mass is 9.98. The van der Waals surface area contributed by atoms with Gasteiger partial charge in [-0.25, -0.2) is 9.78 Å². The molecule has 0 bridgehead atoms. The third-order valence-corrected chi connectivity index (χ3v) is 4.54. The van der Waals surface area contributed by atoms with Crippen molar-refractivity contribution in [3.63, 3.8) is 0 Å². The molecule has 7 heteroatoms. The van der Waals surface area contributed by atoms with Crippen LogP contribution in [0.2, 0.25) is 4.47 Å². The molecule has 2 rings (SSSR count). The first-order valence-corrected chi connectivity index (χ1v) is 8.82. The summed E-state index contributed by atoms with van der Waals surface area (Å²) < 4.78 is 6.02. The minimum atomic E-state index is -0.437. The molecule has 1 saturated heterocycles. The van der Waals surface area contributed by atoms with Gasteiger partial charge < -0.3 is 15.0 Å². The van der Waals surface area contributed by atoms with Gasteiger partial charge in [-0.2, -0.15) is 0 Å². The lowest BCUT2D eigenvalue weighted by Gasteiger charge is -2.34. The smallest absolute Gasteiger partial charge is 0.410 e. The molecule has 2 heterocycles. The molecule has 22 heavy (non-hydrogen) atoms. The van der Waals surface area contributed by atoms with Crippen LogP contribution in [0.1, 0.15) is 38.5 Å². The summed E-state index contributed by atoms with van der Waals surface area (Å²) in [6.07, 6.45) is 3.76. The van der Waals surface area contributed by atoms with Crippen LogP contribution in [-0.2, 0) is 11.3 Å². The van der Waals surface area contributed by atoms with E-state index in [4.69, 9.17) is 16.3 Å². The molecule has 0 radical (unpaired) electrons. The lowest BCUT2D eigenvalue weighted by Crippen LogP contribution is -2.44. The summed E-state index contributed by atoms with van der Waals surface area (Å²) in [4.78, 5) is 19.1. The summed E-state index contributed by atoms with van der Waals surface area (Å²) in [7, 11) is 0. The fourth-order valence-electron chi connectivity index (χ4n) is 2.49. The number of piperidine rings is 1. The van der Waals surface area contributed by atoms with Crippen LogP contribution in [0.25, 0.3) is 0 Å². The summed E-state index contributed by atoms with van der Waals surface area (Å²) in [5, 5.41) is 3.43. The van der Waals surface area contributed by atoms with Gasteiger partial charge in [-0.1, -0.05) is 11.6 Å². The van der Waals surface area contributed by atoms with E-state index < -0.39 is 5.60 Å². The number of halogens is 1. The van der Waals surface area contributed by atoms with E-state index >= 15 is 0 Å². The van der Waals surface area contributed by atoms with Gasteiger partial charge in [0.1, 0.15) is 5.60 Å². The Morgan fingerprint density at radius 1 is 1.59 bits per heavy atom. The average molecular weight is 346 g/mol. The van der Waals surface area contributed by atoms with Crippen molar-refractivity contribution < 1.29 is 9.53 Å². The number of nitrogens with zero attached hydrogens (tertiary/aromatic N) is 2. The van der Waals surface area contributed by atoms with E-state index in [1.54, 1.807) is 6.20 Å². The number of carbonyl (C=O) groups is 1. The molecular formula is C15H24ClN3O2S. The molecule has 1 amide bonds. The zero-order valence-corrected chi connectivity index (χ0v) is 15.0. The maximum Gasteiger partial charge on any atom is 0.410 e. The van der Waals surface area contributed by atoms with Crippen LogP contribution in [0, 0.1) is 5.92 Å². The zero-order chi connectivity index (χ0) is 16.2. The molecule has 0 aliphatic carbocycles. The SMILES string of the molecule is CC(C)(C)OC(=O)N1CCC[C@H](CNCc2cnc(Cl)s2)C1. The molecule has 0 spiro atoms. The van der Waals surface area contributed by atoms with Crippen molar-refractivity contribution in [3.8, 4) is 0 Å². The Kier molecular flexibility index (Phi) is 6.06. The van der Waals surface area contributed by atoms with Crippen molar-refractivity contribution in [1.29, 1.82) is 0 Å². The fraction of sp³-hybridized carbons (Fsp3) is 0.733. The molecule has 1 N–H and O–H groups in total. The maximum atomic E-state index is 12.1. The lowest BCUT2D eigenvalue weighted by molar-refractivity contribution is 0.0166. The normalized spacial score (nSPS) is 19.3. The summed E-state index contributed by atoms with van der Waals surface area (Å²) in [5.74, 6) is 0.463. The van der Waals surface area contributed by atoms with E-state index in [-0.39, 0.29) is 6.09 Å². The summed E-state index contributed by atoms with van der Waals surface area (Å²) in [5.41, 5.74) is -0.437. The molecule has 1 aliphatic heterocycles. The highest BCUT2D eigenvalue weighted by Gasteiger charge is 2.27. The Bertz CT molecular complexity index is 501. The van der Waals surface area contributed by atoms with Crippen molar-refractivity contribution in [1.82, 2.24) is 15.2 Å². The number of hydrogen-bond acceptors (Lipinski definition) is 5. The summed E-state index contributed by atoms with van der Waals surface area (Å²) in [6.45, 7) is 8.89. The van der Waals surface area contributed by atoms with E-state index in [1.807, 2.05) is 25.7 Å². The van der Waals surface area contributed by atoms with Crippen molar-refractivity contribution in [3.05, 3.63) is 15.5 Å². The first-order chi connectivity index (χ1) is 10.3. The van der Waals surface area contributed by atoms with Gasteiger partial charge in [-0.3, -0.25) is 0 Å². The van der Waals surface area contributed by atoms with Gasteiger partial charge in [0.2, 0.25) is 0 Å². The Morgan fingerprint density at radius 2 is 2.36 bits per heavy atom. The number of likely N-dealkylation sites (tertiary alicyclic amines) is 1. The number of amides is 1. The second-order valence-electron chi connectivity index (χ2n) is 6.65. The minimum absolute atomic E-state index is 0.202. The fourth-order valence-corrected chi connectivity index (χ4v) is 3.44. The minimum Gasteiger partial charge on any atom is -0.444 e. The highest BCUT2D eigenvalue weighted by atomic mass is 35.5. The van der Waals surface area contributed by atoms with Crippen molar-refractivity contribution in [2.24, 2.45) is 5.92 Å². The molecule has 5 nitrogen and oxygen atoms in total. The van der Waals surface area contributed by atoms with E-state index in [1.165, 1.54) is 11.3 Å². The van der Waals surface area contributed by atoms with E-state index in [9.17, 15) is 4.79 Å². The van der Waals surface area contributed by atoms with Crippen LogP contribution in [-0.4, -0.2) is 41.2 Å². The van der Waals surface area contributed by atoms with Crippen LogP contribution in [0.4, 0.5) is 4.79 Å². The molecule has 1 atom stereocenters. The van der Waals surface area contributed by atoms with Gasteiger partial charge >= 0.3 is 6.09 Å². The first kappa shape index (κ1) is 17.5. The molecule has 1 fully saturated rings. The monoisotopic (exact) mass is 345 g/mol. The van der Waals surface area contributed by atoms with Crippen LogP contribution in [0.5, 0.6) is 0 Å². The van der Waals surface area contributed by atoms with Gasteiger partial charge in [0, 0.05) is 30.7 Å². The number of nitrogens with one attached hydrogen (secondary N) is 1. The molecule has 0 unspecified atom stereocenters. The highest BCUT2D eigenvalue weighted by Crippen LogP contribution is 2.20. The van der Waals surface area contributed by atoms with Crippen LogP contribution < -0.4 is 5.32 Å². The standard InChI is InChI=1S/C15H24ClN3O2S/c1-15(2,3)21-14(20)19-6-4-5-11(10-19)7-17-8-12-9-18-13(16)22-12/h9,11,17H,4-8,10H2,1-3H3/t11-/m1/s1. The molecule has 0 aromatic carbocycles.